The number of carbonyl (C=O) groups excluding carboxylic acids is 1. The van der Waals surface area contributed by atoms with Crippen LogP contribution in [0.5, 0.6) is 0 Å². The Kier molecular flexibility index (Phi) is 5.97. The van der Waals surface area contributed by atoms with Crippen molar-refractivity contribution in [2.45, 2.75) is 28.7 Å². The fourth-order valence-corrected chi connectivity index (χ4v) is 4.93. The lowest BCUT2D eigenvalue weighted by molar-refractivity contribution is -0.214. The van der Waals surface area contributed by atoms with Crippen LogP contribution < -0.4 is 5.32 Å². The minimum Gasteiger partial charge on any atom is -0.464 e. The van der Waals surface area contributed by atoms with Gasteiger partial charge in [0.25, 0.3) is 0 Å². The zero-order valence-electron chi connectivity index (χ0n) is 16.6. The Morgan fingerprint density at radius 2 is 1.91 bits per heavy atom. The summed E-state index contributed by atoms with van der Waals surface area (Å²) in [5.74, 6) is -2.28. The standard InChI is InChI=1S/C21H19F3N2O5S/c22-21(23,24)20(27)31-18-12-25-7-8-26(18)13-15-11-17(10-14-6-9-30-19(14)15)32(28,29)16-4-2-1-3-5-16/h1-6,9-11,18,25H,7-8,12-13H2. The molecule has 4 rings (SSSR count). The van der Waals surface area contributed by atoms with Crippen molar-refractivity contribution in [2.75, 3.05) is 19.6 Å². The molecule has 1 unspecified atom stereocenters. The Balaban J connectivity index is 1.68. The number of alkyl halides is 3. The molecule has 11 heteroatoms. The van der Waals surface area contributed by atoms with Gasteiger partial charge in [-0.05, 0) is 30.3 Å². The van der Waals surface area contributed by atoms with Gasteiger partial charge in [-0.3, -0.25) is 4.90 Å². The molecule has 1 atom stereocenters. The van der Waals surface area contributed by atoms with Gasteiger partial charge >= 0.3 is 12.1 Å². The number of halogens is 3. The van der Waals surface area contributed by atoms with Gasteiger partial charge in [0.1, 0.15) is 5.58 Å². The van der Waals surface area contributed by atoms with Crippen LogP contribution in [0.1, 0.15) is 5.56 Å². The Bertz CT molecular complexity index is 1230. The van der Waals surface area contributed by atoms with Gasteiger partial charge in [0.2, 0.25) is 9.84 Å². The first kappa shape index (κ1) is 22.3. The van der Waals surface area contributed by atoms with E-state index in [-0.39, 0.29) is 29.4 Å². The van der Waals surface area contributed by atoms with Crippen LogP contribution >= 0.6 is 0 Å². The van der Waals surface area contributed by atoms with Crippen molar-refractivity contribution in [2.24, 2.45) is 0 Å². The van der Waals surface area contributed by atoms with E-state index in [2.05, 4.69) is 10.1 Å². The Morgan fingerprint density at radius 1 is 1.16 bits per heavy atom. The van der Waals surface area contributed by atoms with Gasteiger partial charge in [0, 0.05) is 37.1 Å². The van der Waals surface area contributed by atoms with E-state index in [1.54, 1.807) is 24.3 Å². The number of furan rings is 1. The molecule has 170 valence electrons. The van der Waals surface area contributed by atoms with Crippen molar-refractivity contribution >= 4 is 26.8 Å². The number of hydrogen-bond acceptors (Lipinski definition) is 7. The molecule has 0 amide bonds. The zero-order chi connectivity index (χ0) is 22.9. The largest absolute Gasteiger partial charge is 0.490 e. The highest BCUT2D eigenvalue weighted by atomic mass is 32.2. The Morgan fingerprint density at radius 3 is 2.62 bits per heavy atom. The predicted molar refractivity (Wildman–Crippen MR) is 107 cm³/mol. The van der Waals surface area contributed by atoms with Crippen LogP contribution in [-0.2, 0) is 25.9 Å². The maximum absolute atomic E-state index is 13.1. The molecule has 3 aromatic rings. The number of hydrogen-bond donors (Lipinski definition) is 1. The van der Waals surface area contributed by atoms with Gasteiger partial charge < -0.3 is 14.5 Å². The summed E-state index contributed by atoms with van der Waals surface area (Å²) in [6.45, 7) is 0.780. The van der Waals surface area contributed by atoms with E-state index in [1.807, 2.05) is 0 Å². The van der Waals surface area contributed by atoms with E-state index >= 15 is 0 Å². The molecule has 1 aliphatic rings. The van der Waals surface area contributed by atoms with Crippen molar-refractivity contribution in [3.63, 3.8) is 0 Å². The molecule has 0 aliphatic carbocycles. The fourth-order valence-electron chi connectivity index (χ4n) is 3.56. The molecule has 0 spiro atoms. The van der Waals surface area contributed by atoms with E-state index in [1.165, 1.54) is 35.4 Å². The van der Waals surface area contributed by atoms with Gasteiger partial charge in [-0.1, -0.05) is 18.2 Å². The molecule has 1 aromatic heterocycles. The molecular formula is C21H19F3N2O5S. The predicted octanol–water partition coefficient (Wildman–Crippen LogP) is 3.10. The smallest absolute Gasteiger partial charge is 0.464 e. The van der Waals surface area contributed by atoms with Gasteiger partial charge in [0.05, 0.1) is 16.1 Å². The van der Waals surface area contributed by atoms with E-state index < -0.39 is 28.2 Å². The monoisotopic (exact) mass is 468 g/mol. The molecule has 32 heavy (non-hydrogen) atoms. The van der Waals surface area contributed by atoms with Crippen LogP contribution in [0.25, 0.3) is 11.0 Å². The van der Waals surface area contributed by atoms with E-state index in [0.717, 1.165) is 0 Å². The van der Waals surface area contributed by atoms with E-state index in [9.17, 15) is 26.4 Å². The average Bonchev–Trinajstić information content (AvgIpc) is 3.24. The normalized spacial score (nSPS) is 18.0. The molecule has 1 aliphatic heterocycles. The maximum atomic E-state index is 13.1. The van der Waals surface area contributed by atoms with Crippen molar-refractivity contribution in [1.29, 1.82) is 0 Å². The molecule has 0 saturated carbocycles. The highest BCUT2D eigenvalue weighted by molar-refractivity contribution is 7.91. The van der Waals surface area contributed by atoms with Crippen LogP contribution in [0.15, 0.2) is 69.0 Å². The number of nitrogens with zero attached hydrogens (tertiary/aromatic N) is 1. The third-order valence-electron chi connectivity index (χ3n) is 5.12. The minimum atomic E-state index is -5.11. The lowest BCUT2D eigenvalue weighted by Crippen LogP contribution is -2.53. The molecule has 0 bridgehead atoms. The van der Waals surface area contributed by atoms with Crippen molar-refractivity contribution < 1.29 is 35.5 Å². The summed E-state index contributed by atoms with van der Waals surface area (Å²) in [7, 11) is -3.83. The number of esters is 1. The lowest BCUT2D eigenvalue weighted by Gasteiger charge is -2.35. The summed E-state index contributed by atoms with van der Waals surface area (Å²) >= 11 is 0. The van der Waals surface area contributed by atoms with Crippen LogP contribution in [0.2, 0.25) is 0 Å². The van der Waals surface area contributed by atoms with Gasteiger partial charge in [-0.25, -0.2) is 13.2 Å². The van der Waals surface area contributed by atoms with Gasteiger partial charge in [-0.2, -0.15) is 13.2 Å². The van der Waals surface area contributed by atoms with Crippen LogP contribution in [-0.4, -0.2) is 51.3 Å². The number of nitrogens with one attached hydrogen (secondary N) is 1. The molecule has 7 nitrogen and oxygen atoms in total. The number of fused-ring (bicyclic) bond motifs is 1. The van der Waals surface area contributed by atoms with Gasteiger partial charge in [0.15, 0.2) is 6.23 Å². The molecule has 0 radical (unpaired) electrons. The number of rotatable bonds is 5. The molecule has 1 fully saturated rings. The second-order valence-corrected chi connectivity index (χ2v) is 9.22. The van der Waals surface area contributed by atoms with E-state index in [4.69, 9.17) is 4.42 Å². The molecule has 1 N–H and O–H groups in total. The minimum absolute atomic E-state index is 0.00508. The first-order valence-corrected chi connectivity index (χ1v) is 11.2. The molecular weight excluding hydrogens is 449 g/mol. The second kappa shape index (κ2) is 8.57. The number of ether oxygens (including phenoxy) is 1. The topological polar surface area (TPSA) is 88.9 Å². The third kappa shape index (κ3) is 4.50. The summed E-state index contributed by atoms with van der Waals surface area (Å²) in [4.78, 5) is 13.0. The number of piperazine rings is 1. The third-order valence-corrected chi connectivity index (χ3v) is 6.86. The van der Waals surface area contributed by atoms with Crippen LogP contribution in [0, 0.1) is 0 Å². The zero-order valence-corrected chi connectivity index (χ0v) is 17.4. The lowest BCUT2D eigenvalue weighted by atomic mass is 10.1. The summed E-state index contributed by atoms with van der Waals surface area (Å²) in [5, 5.41) is 3.43. The van der Waals surface area contributed by atoms with Gasteiger partial charge in [-0.15, -0.1) is 0 Å². The Labute approximate surface area is 181 Å². The number of carbonyl (C=O) groups is 1. The van der Waals surface area contributed by atoms with E-state index in [0.29, 0.717) is 23.1 Å². The first-order chi connectivity index (χ1) is 15.2. The quantitative estimate of drug-likeness (QED) is 0.576. The highest BCUT2D eigenvalue weighted by Gasteiger charge is 2.43. The molecule has 2 heterocycles. The number of benzene rings is 2. The average molecular weight is 468 g/mol. The summed E-state index contributed by atoms with van der Waals surface area (Å²) < 4.78 is 74.4. The van der Waals surface area contributed by atoms with Crippen LogP contribution in [0.3, 0.4) is 0 Å². The summed E-state index contributed by atoms with van der Waals surface area (Å²) in [5.41, 5.74) is 0.869. The highest BCUT2D eigenvalue weighted by Crippen LogP contribution is 2.30. The summed E-state index contributed by atoms with van der Waals surface area (Å²) in [6.07, 6.45) is -4.87. The second-order valence-electron chi connectivity index (χ2n) is 7.27. The molecule has 1 saturated heterocycles. The number of sulfone groups is 1. The first-order valence-electron chi connectivity index (χ1n) is 9.69. The van der Waals surface area contributed by atoms with Crippen molar-refractivity contribution in [1.82, 2.24) is 10.2 Å². The van der Waals surface area contributed by atoms with Crippen molar-refractivity contribution in [3.05, 3.63) is 60.4 Å². The molecule has 2 aromatic carbocycles. The SMILES string of the molecule is O=C(OC1CNCCN1Cc1cc(S(=O)(=O)c2ccccc2)cc2ccoc12)C(F)(F)F. The maximum Gasteiger partial charge on any atom is 0.490 e. The Hall–Kier alpha value is -2.89. The fraction of sp³-hybridized carbons (Fsp3) is 0.286. The summed E-state index contributed by atoms with van der Waals surface area (Å²) in [6, 6.07) is 12.4. The van der Waals surface area contributed by atoms with Crippen LogP contribution in [0.4, 0.5) is 13.2 Å². The van der Waals surface area contributed by atoms with Crippen molar-refractivity contribution in [3.8, 4) is 0 Å².